The second kappa shape index (κ2) is 11.6. The van der Waals surface area contributed by atoms with E-state index in [4.69, 9.17) is 14.2 Å². The quantitative estimate of drug-likeness (QED) is 0.286. The van der Waals surface area contributed by atoms with Gasteiger partial charge in [0.2, 0.25) is 0 Å². The van der Waals surface area contributed by atoms with Crippen LogP contribution in [0.4, 0.5) is 13.2 Å². The Morgan fingerprint density at radius 1 is 1.08 bits per heavy atom. The fourth-order valence-corrected chi connectivity index (χ4v) is 5.59. The number of hydrogen-bond donors (Lipinski definition) is 0. The molecule has 0 saturated carbocycles. The molecule has 0 amide bonds. The lowest BCUT2D eigenvalue weighted by Gasteiger charge is -2.24. The minimum atomic E-state index is -4.37. The Bertz CT molecular complexity index is 1240. The number of aryl methyl sites for hydroxylation is 1. The smallest absolute Gasteiger partial charge is 0.416 e. The molecule has 1 aliphatic rings. The number of esters is 1. The lowest BCUT2D eigenvalue weighted by molar-refractivity contribution is -0.153. The standard InChI is InChI=1S/C28H30F3NO4S/c1-4-35-24(27(33)34-3)15-19-11-14-23(22-8-6-5-7-21(19)22)36-16-25-17(2)32-26(37-25)18-9-12-20(13-10-18)28(29,30)31/h9-14,24H,4-8,15-16H2,1-3H3. The van der Waals surface area contributed by atoms with Crippen molar-refractivity contribution in [1.29, 1.82) is 0 Å². The summed E-state index contributed by atoms with van der Waals surface area (Å²) in [7, 11) is 1.37. The summed E-state index contributed by atoms with van der Waals surface area (Å²) in [6.07, 6.45) is -0.603. The van der Waals surface area contributed by atoms with Crippen LogP contribution >= 0.6 is 11.3 Å². The third-order valence-electron chi connectivity index (χ3n) is 6.54. The van der Waals surface area contributed by atoms with Gasteiger partial charge in [0.1, 0.15) is 17.4 Å². The first-order valence-corrected chi connectivity index (χ1v) is 13.1. The Morgan fingerprint density at radius 2 is 1.78 bits per heavy atom. The van der Waals surface area contributed by atoms with Crippen LogP contribution in [-0.2, 0) is 46.3 Å². The number of halogens is 3. The SMILES string of the molecule is CCOC(Cc1ccc(OCc2sc(-c3ccc(C(F)(F)F)cc3)nc2C)c2c1CCCC2)C(=O)OC. The lowest BCUT2D eigenvalue weighted by Crippen LogP contribution is -2.28. The summed E-state index contributed by atoms with van der Waals surface area (Å²) in [5.74, 6) is 0.435. The molecule has 0 radical (unpaired) electrons. The molecular formula is C28H30F3NO4S. The van der Waals surface area contributed by atoms with E-state index in [9.17, 15) is 18.0 Å². The van der Waals surface area contributed by atoms with Gasteiger partial charge >= 0.3 is 12.1 Å². The highest BCUT2D eigenvalue weighted by Crippen LogP contribution is 2.36. The average Bonchev–Trinajstić information content (AvgIpc) is 3.27. The number of nitrogens with zero attached hydrogens (tertiary/aromatic N) is 1. The molecule has 0 aliphatic heterocycles. The van der Waals surface area contributed by atoms with Gasteiger partial charge in [-0.2, -0.15) is 13.2 Å². The predicted octanol–water partition coefficient (Wildman–Crippen LogP) is 6.72. The maximum atomic E-state index is 12.9. The van der Waals surface area contributed by atoms with Gasteiger partial charge in [0, 0.05) is 18.6 Å². The summed E-state index contributed by atoms with van der Waals surface area (Å²) in [6, 6.07) is 9.00. The number of thiazole rings is 1. The third-order valence-corrected chi connectivity index (χ3v) is 7.72. The van der Waals surface area contributed by atoms with Crippen LogP contribution in [0.2, 0.25) is 0 Å². The summed E-state index contributed by atoms with van der Waals surface area (Å²) in [5, 5.41) is 0.659. The summed E-state index contributed by atoms with van der Waals surface area (Å²) in [4.78, 5) is 17.7. The summed E-state index contributed by atoms with van der Waals surface area (Å²) >= 11 is 1.42. The lowest BCUT2D eigenvalue weighted by atomic mass is 9.86. The van der Waals surface area contributed by atoms with E-state index in [2.05, 4.69) is 4.98 Å². The molecule has 0 bridgehead atoms. The number of hydrogen-bond acceptors (Lipinski definition) is 6. The molecule has 1 unspecified atom stereocenters. The van der Waals surface area contributed by atoms with Gasteiger partial charge in [-0.3, -0.25) is 0 Å². The molecule has 3 aromatic rings. The van der Waals surface area contributed by atoms with Gasteiger partial charge < -0.3 is 14.2 Å². The van der Waals surface area contributed by atoms with E-state index >= 15 is 0 Å². The van der Waals surface area contributed by atoms with Crippen molar-refractivity contribution in [2.24, 2.45) is 0 Å². The number of carbonyl (C=O) groups excluding carboxylic acids is 1. The Hall–Kier alpha value is -2.91. The minimum Gasteiger partial charge on any atom is -0.488 e. The average molecular weight is 534 g/mol. The maximum Gasteiger partial charge on any atom is 0.416 e. The minimum absolute atomic E-state index is 0.319. The monoisotopic (exact) mass is 533 g/mol. The van der Waals surface area contributed by atoms with E-state index in [-0.39, 0.29) is 5.97 Å². The zero-order valence-electron chi connectivity index (χ0n) is 21.1. The van der Waals surface area contributed by atoms with E-state index in [1.807, 2.05) is 26.0 Å². The Balaban J connectivity index is 1.51. The number of alkyl halides is 3. The Morgan fingerprint density at radius 3 is 2.43 bits per heavy atom. The molecule has 5 nitrogen and oxygen atoms in total. The number of ether oxygens (including phenoxy) is 3. The topological polar surface area (TPSA) is 57.7 Å². The fraction of sp³-hybridized carbons (Fsp3) is 0.429. The van der Waals surface area contributed by atoms with Gasteiger partial charge in [0.25, 0.3) is 0 Å². The van der Waals surface area contributed by atoms with Crippen LogP contribution in [0.25, 0.3) is 10.6 Å². The predicted molar refractivity (Wildman–Crippen MR) is 136 cm³/mol. The highest BCUT2D eigenvalue weighted by molar-refractivity contribution is 7.15. The second-order valence-electron chi connectivity index (χ2n) is 8.95. The Kier molecular flexibility index (Phi) is 8.54. The molecule has 0 spiro atoms. The number of benzene rings is 2. The fourth-order valence-electron chi connectivity index (χ4n) is 4.61. The van der Waals surface area contributed by atoms with Crippen molar-refractivity contribution in [2.75, 3.05) is 13.7 Å². The van der Waals surface area contributed by atoms with E-state index in [1.54, 1.807) is 0 Å². The van der Waals surface area contributed by atoms with Crippen molar-refractivity contribution in [3.8, 4) is 16.3 Å². The van der Waals surface area contributed by atoms with Crippen LogP contribution in [0.3, 0.4) is 0 Å². The Labute approximate surface area is 218 Å². The molecule has 2 aromatic carbocycles. The summed E-state index contributed by atoms with van der Waals surface area (Å²) < 4.78 is 55.5. The van der Waals surface area contributed by atoms with Crippen LogP contribution in [0.1, 0.15) is 52.6 Å². The number of rotatable bonds is 9. The van der Waals surface area contributed by atoms with Gasteiger partial charge in [0.15, 0.2) is 6.10 Å². The van der Waals surface area contributed by atoms with Crippen molar-refractivity contribution >= 4 is 17.3 Å². The van der Waals surface area contributed by atoms with Gasteiger partial charge in [-0.25, -0.2) is 9.78 Å². The second-order valence-corrected chi connectivity index (χ2v) is 10.0. The molecule has 37 heavy (non-hydrogen) atoms. The molecule has 9 heteroatoms. The van der Waals surface area contributed by atoms with Gasteiger partial charge in [-0.1, -0.05) is 18.2 Å². The van der Waals surface area contributed by atoms with Crippen LogP contribution in [0.15, 0.2) is 36.4 Å². The molecule has 1 heterocycles. The highest BCUT2D eigenvalue weighted by atomic mass is 32.1. The largest absolute Gasteiger partial charge is 0.488 e. The first-order chi connectivity index (χ1) is 17.7. The molecule has 0 N–H and O–H groups in total. The van der Waals surface area contributed by atoms with Crippen LogP contribution in [0, 0.1) is 6.92 Å². The number of methoxy groups -OCH3 is 1. The van der Waals surface area contributed by atoms with Gasteiger partial charge in [-0.15, -0.1) is 11.3 Å². The van der Waals surface area contributed by atoms with Crippen molar-refractivity contribution in [1.82, 2.24) is 4.98 Å². The summed E-state index contributed by atoms with van der Waals surface area (Å²) in [5.41, 5.74) is 4.20. The number of fused-ring (bicyclic) bond motifs is 1. The summed E-state index contributed by atoms with van der Waals surface area (Å²) in [6.45, 7) is 4.47. The van der Waals surface area contributed by atoms with E-state index in [0.717, 1.165) is 65.3 Å². The van der Waals surface area contributed by atoms with Crippen molar-refractivity contribution < 1.29 is 32.2 Å². The molecule has 1 atom stereocenters. The van der Waals surface area contributed by atoms with Crippen molar-refractivity contribution in [3.63, 3.8) is 0 Å². The van der Waals surface area contributed by atoms with E-state index in [1.165, 1.54) is 36.1 Å². The zero-order chi connectivity index (χ0) is 26.6. The van der Waals surface area contributed by atoms with Crippen LogP contribution in [-0.4, -0.2) is 30.8 Å². The molecule has 0 fully saturated rings. The molecule has 1 aromatic heterocycles. The normalized spacial score (nSPS) is 14.2. The maximum absolute atomic E-state index is 12.9. The number of carbonyl (C=O) groups is 1. The van der Waals surface area contributed by atoms with E-state index in [0.29, 0.717) is 30.2 Å². The van der Waals surface area contributed by atoms with Crippen molar-refractivity contribution in [2.45, 2.75) is 64.8 Å². The first-order valence-electron chi connectivity index (χ1n) is 12.3. The van der Waals surface area contributed by atoms with Gasteiger partial charge in [-0.05, 0) is 74.4 Å². The highest BCUT2D eigenvalue weighted by Gasteiger charge is 2.30. The van der Waals surface area contributed by atoms with E-state index < -0.39 is 17.8 Å². The van der Waals surface area contributed by atoms with Gasteiger partial charge in [0.05, 0.1) is 23.2 Å². The molecule has 4 rings (SSSR count). The molecule has 198 valence electrons. The first kappa shape index (κ1) is 27.1. The molecular weight excluding hydrogens is 503 g/mol. The number of aromatic nitrogens is 1. The van der Waals surface area contributed by atoms with Crippen molar-refractivity contribution in [3.05, 3.63) is 69.2 Å². The third kappa shape index (κ3) is 6.33. The van der Waals surface area contributed by atoms with Crippen LogP contribution < -0.4 is 4.74 Å². The zero-order valence-corrected chi connectivity index (χ0v) is 21.9. The molecule has 1 aliphatic carbocycles. The van der Waals surface area contributed by atoms with Crippen LogP contribution in [0.5, 0.6) is 5.75 Å². The molecule has 0 saturated heterocycles.